The van der Waals surface area contributed by atoms with Crippen LogP contribution in [0.3, 0.4) is 0 Å². The van der Waals surface area contributed by atoms with E-state index in [1.54, 1.807) is 0 Å². The predicted molar refractivity (Wildman–Crippen MR) is 78.9 cm³/mol. The molecule has 2 N–H and O–H groups in total. The van der Waals surface area contributed by atoms with Gasteiger partial charge in [-0.1, -0.05) is 0 Å². The van der Waals surface area contributed by atoms with Gasteiger partial charge in [-0.2, -0.15) is 0 Å². The zero-order valence-electron chi connectivity index (χ0n) is 11.6. The first-order valence-corrected chi connectivity index (χ1v) is 7.05. The van der Waals surface area contributed by atoms with Gasteiger partial charge in [-0.05, 0) is 57.1 Å². The lowest BCUT2D eigenvalue weighted by molar-refractivity contribution is 0.340. The summed E-state index contributed by atoms with van der Waals surface area (Å²) in [4.78, 5) is 6.88. The molecule has 1 fully saturated rings. The quantitative estimate of drug-likeness (QED) is 0.628. The average Bonchev–Trinajstić information content (AvgIpc) is 2.93. The smallest absolute Gasteiger partial charge is 0.125 e. The number of benzene rings is 1. The van der Waals surface area contributed by atoms with Gasteiger partial charge in [0.2, 0.25) is 0 Å². The third kappa shape index (κ3) is 4.24. The SMILES string of the molecule is CCOc1ccc(C(N)=NCCN2CCCC2)cc1. The molecular formula is C15H23N3O. The number of hydrogen-bond donors (Lipinski definition) is 1. The molecule has 0 aliphatic carbocycles. The van der Waals surface area contributed by atoms with Crippen LogP contribution in [-0.4, -0.2) is 43.5 Å². The molecular weight excluding hydrogens is 238 g/mol. The number of amidine groups is 1. The molecule has 1 aliphatic heterocycles. The van der Waals surface area contributed by atoms with Crippen LogP contribution in [0.4, 0.5) is 0 Å². The zero-order valence-corrected chi connectivity index (χ0v) is 11.6. The molecule has 1 aromatic rings. The van der Waals surface area contributed by atoms with Crippen molar-refractivity contribution < 1.29 is 4.74 Å². The van der Waals surface area contributed by atoms with Gasteiger partial charge in [0.05, 0.1) is 13.2 Å². The van der Waals surface area contributed by atoms with Crippen LogP contribution in [0.5, 0.6) is 5.75 Å². The van der Waals surface area contributed by atoms with Gasteiger partial charge in [0.1, 0.15) is 11.6 Å². The lowest BCUT2D eigenvalue weighted by atomic mass is 10.2. The van der Waals surface area contributed by atoms with E-state index in [2.05, 4.69) is 9.89 Å². The van der Waals surface area contributed by atoms with Crippen LogP contribution in [0.1, 0.15) is 25.3 Å². The second kappa shape index (κ2) is 7.14. The highest BCUT2D eigenvalue weighted by Gasteiger charge is 2.10. The molecule has 2 rings (SSSR count). The molecule has 19 heavy (non-hydrogen) atoms. The second-order valence-electron chi connectivity index (χ2n) is 4.77. The molecule has 0 aromatic heterocycles. The summed E-state index contributed by atoms with van der Waals surface area (Å²) in [6, 6.07) is 7.78. The van der Waals surface area contributed by atoms with Crippen molar-refractivity contribution in [2.75, 3.05) is 32.8 Å². The summed E-state index contributed by atoms with van der Waals surface area (Å²) < 4.78 is 5.40. The highest BCUT2D eigenvalue weighted by Crippen LogP contribution is 2.12. The van der Waals surface area contributed by atoms with Crippen molar-refractivity contribution in [2.45, 2.75) is 19.8 Å². The zero-order chi connectivity index (χ0) is 13.5. The standard InChI is InChI=1S/C15H23N3O/c1-2-19-14-7-5-13(6-8-14)15(16)17-9-12-18-10-3-4-11-18/h5-8H,2-4,9-12H2,1H3,(H2,16,17). The Hall–Kier alpha value is -1.55. The second-order valence-corrected chi connectivity index (χ2v) is 4.77. The van der Waals surface area contributed by atoms with Crippen molar-refractivity contribution in [3.8, 4) is 5.75 Å². The van der Waals surface area contributed by atoms with E-state index >= 15 is 0 Å². The first-order valence-electron chi connectivity index (χ1n) is 7.05. The first kappa shape index (κ1) is 13.9. The molecule has 0 atom stereocenters. The van der Waals surface area contributed by atoms with E-state index in [1.165, 1.54) is 25.9 Å². The van der Waals surface area contributed by atoms with Gasteiger partial charge in [-0.25, -0.2) is 0 Å². The van der Waals surface area contributed by atoms with Crippen LogP contribution in [-0.2, 0) is 0 Å². The minimum absolute atomic E-state index is 0.613. The van der Waals surface area contributed by atoms with Gasteiger partial charge in [0, 0.05) is 12.1 Å². The Balaban J connectivity index is 1.85. The number of aliphatic imine (C=N–C) groups is 1. The van der Waals surface area contributed by atoms with Gasteiger partial charge in [0.25, 0.3) is 0 Å². The van der Waals surface area contributed by atoms with Crippen LogP contribution in [0, 0.1) is 0 Å². The Morgan fingerprint density at radius 3 is 2.58 bits per heavy atom. The van der Waals surface area contributed by atoms with E-state index in [0.29, 0.717) is 12.4 Å². The van der Waals surface area contributed by atoms with E-state index in [1.807, 2.05) is 31.2 Å². The molecule has 1 aliphatic rings. The molecule has 0 amide bonds. The summed E-state index contributed by atoms with van der Waals surface area (Å²) in [5.74, 6) is 1.48. The predicted octanol–water partition coefficient (Wildman–Crippen LogP) is 1.89. The molecule has 0 spiro atoms. The van der Waals surface area contributed by atoms with Crippen molar-refractivity contribution in [1.29, 1.82) is 0 Å². The molecule has 1 heterocycles. The minimum atomic E-state index is 0.613. The molecule has 0 bridgehead atoms. The third-order valence-corrected chi connectivity index (χ3v) is 3.36. The molecule has 104 valence electrons. The molecule has 4 heteroatoms. The van der Waals surface area contributed by atoms with E-state index < -0.39 is 0 Å². The summed E-state index contributed by atoms with van der Waals surface area (Å²) in [7, 11) is 0. The van der Waals surface area contributed by atoms with E-state index in [-0.39, 0.29) is 0 Å². The lowest BCUT2D eigenvalue weighted by Crippen LogP contribution is -2.24. The fourth-order valence-corrected chi connectivity index (χ4v) is 2.30. The monoisotopic (exact) mass is 261 g/mol. The Kier molecular flexibility index (Phi) is 5.21. The van der Waals surface area contributed by atoms with Gasteiger partial charge in [0.15, 0.2) is 0 Å². The van der Waals surface area contributed by atoms with Crippen molar-refractivity contribution >= 4 is 5.84 Å². The topological polar surface area (TPSA) is 50.9 Å². The summed E-state index contributed by atoms with van der Waals surface area (Å²) in [6.45, 7) is 6.86. The van der Waals surface area contributed by atoms with Crippen LogP contribution in [0.25, 0.3) is 0 Å². The Labute approximate surface area is 115 Å². The van der Waals surface area contributed by atoms with E-state index in [0.717, 1.165) is 24.4 Å². The molecule has 0 saturated carbocycles. The summed E-state index contributed by atoms with van der Waals surface area (Å²) >= 11 is 0. The van der Waals surface area contributed by atoms with Gasteiger partial charge < -0.3 is 15.4 Å². The molecule has 4 nitrogen and oxygen atoms in total. The third-order valence-electron chi connectivity index (χ3n) is 3.36. The number of hydrogen-bond acceptors (Lipinski definition) is 3. The fourth-order valence-electron chi connectivity index (χ4n) is 2.30. The Morgan fingerprint density at radius 2 is 1.95 bits per heavy atom. The van der Waals surface area contributed by atoms with Gasteiger partial charge in [-0.3, -0.25) is 4.99 Å². The highest BCUT2D eigenvalue weighted by molar-refractivity contribution is 5.97. The molecule has 1 aromatic carbocycles. The first-order chi connectivity index (χ1) is 9.29. The molecule has 0 unspecified atom stereocenters. The number of rotatable bonds is 6. The highest BCUT2D eigenvalue weighted by atomic mass is 16.5. The van der Waals surface area contributed by atoms with Crippen LogP contribution >= 0.6 is 0 Å². The summed E-state index contributed by atoms with van der Waals surface area (Å²) in [5, 5.41) is 0. The minimum Gasteiger partial charge on any atom is -0.494 e. The van der Waals surface area contributed by atoms with Crippen LogP contribution in [0.2, 0.25) is 0 Å². The number of nitrogens with two attached hydrogens (primary N) is 1. The van der Waals surface area contributed by atoms with Gasteiger partial charge >= 0.3 is 0 Å². The van der Waals surface area contributed by atoms with E-state index in [9.17, 15) is 0 Å². The van der Waals surface area contributed by atoms with Crippen molar-refractivity contribution in [1.82, 2.24) is 4.90 Å². The van der Waals surface area contributed by atoms with E-state index in [4.69, 9.17) is 10.5 Å². The summed E-state index contributed by atoms with van der Waals surface area (Å²) in [6.07, 6.45) is 2.64. The molecule has 1 saturated heterocycles. The number of nitrogens with zero attached hydrogens (tertiary/aromatic N) is 2. The number of likely N-dealkylation sites (tertiary alicyclic amines) is 1. The fraction of sp³-hybridized carbons (Fsp3) is 0.533. The maximum absolute atomic E-state index is 5.99. The maximum atomic E-state index is 5.99. The van der Waals surface area contributed by atoms with Crippen LogP contribution in [0.15, 0.2) is 29.3 Å². The normalized spacial score (nSPS) is 16.8. The number of ether oxygens (including phenoxy) is 1. The summed E-state index contributed by atoms with van der Waals surface area (Å²) in [5.41, 5.74) is 6.96. The lowest BCUT2D eigenvalue weighted by Gasteiger charge is -2.12. The van der Waals surface area contributed by atoms with Crippen molar-refractivity contribution in [2.24, 2.45) is 10.7 Å². The Morgan fingerprint density at radius 1 is 1.26 bits per heavy atom. The van der Waals surface area contributed by atoms with Gasteiger partial charge in [-0.15, -0.1) is 0 Å². The largest absolute Gasteiger partial charge is 0.494 e. The maximum Gasteiger partial charge on any atom is 0.125 e. The van der Waals surface area contributed by atoms with Crippen molar-refractivity contribution in [3.63, 3.8) is 0 Å². The average molecular weight is 261 g/mol. The van der Waals surface area contributed by atoms with Crippen LogP contribution < -0.4 is 10.5 Å². The van der Waals surface area contributed by atoms with Crippen molar-refractivity contribution in [3.05, 3.63) is 29.8 Å². The molecule has 0 radical (unpaired) electrons. The Bertz CT molecular complexity index is 408.